The molecule has 0 aromatic rings. The molecule has 1 unspecified atom stereocenters. The van der Waals surface area contributed by atoms with Crippen molar-refractivity contribution < 1.29 is 14.6 Å². The normalized spacial score (nSPS) is 39.6. The van der Waals surface area contributed by atoms with Gasteiger partial charge in [-0.05, 0) is 32.6 Å². The zero-order chi connectivity index (χ0) is 11.6. The van der Waals surface area contributed by atoms with Crippen LogP contribution in [0.1, 0.15) is 45.4 Å². The molecule has 0 aromatic heterocycles. The van der Waals surface area contributed by atoms with Crippen LogP contribution in [0.25, 0.3) is 0 Å². The first-order valence-electron chi connectivity index (χ1n) is 6.25. The van der Waals surface area contributed by atoms with E-state index < -0.39 is 5.60 Å². The minimum atomic E-state index is -0.669. The van der Waals surface area contributed by atoms with Gasteiger partial charge in [0.25, 0.3) is 5.91 Å². The van der Waals surface area contributed by atoms with Crippen molar-refractivity contribution in [2.45, 2.75) is 63.2 Å². The molecule has 1 aliphatic carbocycles. The van der Waals surface area contributed by atoms with Crippen molar-refractivity contribution in [3.8, 4) is 0 Å². The van der Waals surface area contributed by atoms with E-state index in [0.29, 0.717) is 6.61 Å². The van der Waals surface area contributed by atoms with E-state index >= 15 is 0 Å². The summed E-state index contributed by atoms with van der Waals surface area (Å²) in [4.78, 5) is 12.0. The summed E-state index contributed by atoms with van der Waals surface area (Å²) >= 11 is 0. The molecule has 92 valence electrons. The molecule has 1 aliphatic heterocycles. The zero-order valence-corrected chi connectivity index (χ0v) is 9.87. The van der Waals surface area contributed by atoms with Crippen LogP contribution in [-0.2, 0) is 9.53 Å². The Morgan fingerprint density at radius 3 is 2.75 bits per heavy atom. The Morgan fingerprint density at radius 2 is 2.12 bits per heavy atom. The minimum absolute atomic E-state index is 0.0593. The lowest BCUT2D eigenvalue weighted by molar-refractivity contribution is -0.141. The van der Waals surface area contributed by atoms with Crippen LogP contribution in [0.3, 0.4) is 0 Å². The number of carbonyl (C=O) groups excluding carboxylic acids is 1. The Hall–Kier alpha value is -0.610. The molecule has 4 nitrogen and oxygen atoms in total. The van der Waals surface area contributed by atoms with Crippen LogP contribution in [0.5, 0.6) is 0 Å². The second-order valence-corrected chi connectivity index (χ2v) is 5.11. The van der Waals surface area contributed by atoms with E-state index in [1.54, 1.807) is 0 Å². The van der Waals surface area contributed by atoms with E-state index in [0.717, 1.165) is 38.5 Å². The fourth-order valence-corrected chi connectivity index (χ4v) is 2.56. The van der Waals surface area contributed by atoms with Gasteiger partial charge >= 0.3 is 0 Å². The number of nitrogens with one attached hydrogen (secondary N) is 1. The molecule has 2 N–H and O–H groups in total. The predicted molar refractivity (Wildman–Crippen MR) is 60.0 cm³/mol. The van der Waals surface area contributed by atoms with Crippen molar-refractivity contribution in [1.82, 2.24) is 5.32 Å². The highest BCUT2D eigenvalue weighted by Crippen LogP contribution is 2.26. The average Bonchev–Trinajstić information content (AvgIpc) is 2.70. The fourth-order valence-electron chi connectivity index (χ4n) is 2.56. The molecule has 0 spiro atoms. The van der Waals surface area contributed by atoms with Crippen molar-refractivity contribution in [3.63, 3.8) is 0 Å². The molecule has 0 radical (unpaired) electrons. The molecule has 4 heteroatoms. The topological polar surface area (TPSA) is 58.6 Å². The third-order valence-electron chi connectivity index (χ3n) is 3.75. The molecule has 0 bridgehead atoms. The van der Waals surface area contributed by atoms with Crippen molar-refractivity contribution in [3.05, 3.63) is 0 Å². The number of amides is 1. The summed E-state index contributed by atoms with van der Waals surface area (Å²) in [6.07, 6.45) is 5.15. The van der Waals surface area contributed by atoms with Gasteiger partial charge in [-0.15, -0.1) is 0 Å². The number of hydrogen-bond acceptors (Lipinski definition) is 3. The summed E-state index contributed by atoms with van der Waals surface area (Å²) in [6, 6.07) is -0.0812. The Morgan fingerprint density at radius 1 is 1.38 bits per heavy atom. The highest BCUT2D eigenvalue weighted by molar-refractivity contribution is 5.85. The van der Waals surface area contributed by atoms with Crippen molar-refractivity contribution in [2.75, 3.05) is 6.61 Å². The molecule has 2 aliphatic rings. The highest BCUT2D eigenvalue weighted by Gasteiger charge is 2.39. The van der Waals surface area contributed by atoms with Crippen LogP contribution in [0, 0.1) is 0 Å². The molecular formula is C12H21NO3. The molecule has 0 aromatic carbocycles. The summed E-state index contributed by atoms with van der Waals surface area (Å²) in [5.41, 5.74) is -0.669. The maximum absolute atomic E-state index is 12.0. The average molecular weight is 227 g/mol. The lowest BCUT2D eigenvalue weighted by Gasteiger charge is -2.31. The summed E-state index contributed by atoms with van der Waals surface area (Å²) in [5.74, 6) is -0.0593. The molecule has 1 saturated heterocycles. The number of aliphatic hydroxyl groups excluding tert-OH is 1. The van der Waals surface area contributed by atoms with Gasteiger partial charge in [0, 0.05) is 6.61 Å². The lowest BCUT2D eigenvalue weighted by Crippen LogP contribution is -2.52. The number of carbonyl (C=O) groups is 1. The summed E-state index contributed by atoms with van der Waals surface area (Å²) < 4.78 is 5.49. The quantitative estimate of drug-likeness (QED) is 0.739. The van der Waals surface area contributed by atoms with Crippen LogP contribution in [0.2, 0.25) is 0 Å². The monoisotopic (exact) mass is 227 g/mol. The predicted octanol–water partition coefficient (Wildman–Crippen LogP) is 0.975. The SMILES string of the molecule is CC1(C(=O)N[C@H]2CCCC[C@@H]2O)CCCO1. The van der Waals surface area contributed by atoms with E-state index in [2.05, 4.69) is 5.32 Å². The third-order valence-corrected chi connectivity index (χ3v) is 3.75. The van der Waals surface area contributed by atoms with Crippen LogP contribution >= 0.6 is 0 Å². The number of rotatable bonds is 2. The number of ether oxygens (including phenoxy) is 1. The molecule has 1 amide bonds. The first-order chi connectivity index (χ1) is 7.62. The molecule has 2 rings (SSSR count). The summed E-state index contributed by atoms with van der Waals surface area (Å²) in [5, 5.41) is 12.7. The lowest BCUT2D eigenvalue weighted by atomic mass is 9.91. The Balaban J connectivity index is 1.90. The van der Waals surface area contributed by atoms with Gasteiger partial charge in [0.05, 0.1) is 12.1 Å². The van der Waals surface area contributed by atoms with Crippen molar-refractivity contribution in [1.29, 1.82) is 0 Å². The smallest absolute Gasteiger partial charge is 0.252 e. The van der Waals surface area contributed by atoms with Gasteiger partial charge < -0.3 is 15.2 Å². The molecule has 1 saturated carbocycles. The Bertz CT molecular complexity index is 261. The largest absolute Gasteiger partial charge is 0.391 e. The van der Waals surface area contributed by atoms with Crippen LogP contribution in [0.15, 0.2) is 0 Å². The minimum Gasteiger partial charge on any atom is -0.391 e. The third kappa shape index (κ3) is 2.38. The molecule has 16 heavy (non-hydrogen) atoms. The zero-order valence-electron chi connectivity index (χ0n) is 9.87. The van der Waals surface area contributed by atoms with E-state index in [1.807, 2.05) is 6.92 Å². The van der Waals surface area contributed by atoms with E-state index in [1.165, 1.54) is 0 Å². The summed E-state index contributed by atoms with van der Waals surface area (Å²) in [6.45, 7) is 2.50. The Labute approximate surface area is 96.4 Å². The number of aliphatic hydroxyl groups is 1. The summed E-state index contributed by atoms with van der Waals surface area (Å²) in [7, 11) is 0. The van der Waals surface area contributed by atoms with Gasteiger partial charge in [0.15, 0.2) is 0 Å². The molecular weight excluding hydrogens is 206 g/mol. The fraction of sp³-hybridized carbons (Fsp3) is 0.917. The molecule has 1 heterocycles. The Kier molecular flexibility index (Phi) is 3.50. The van der Waals surface area contributed by atoms with E-state index in [-0.39, 0.29) is 18.1 Å². The van der Waals surface area contributed by atoms with Gasteiger partial charge in [0.2, 0.25) is 0 Å². The van der Waals surface area contributed by atoms with Crippen LogP contribution in [0.4, 0.5) is 0 Å². The van der Waals surface area contributed by atoms with Crippen molar-refractivity contribution in [2.24, 2.45) is 0 Å². The molecule has 2 fully saturated rings. The van der Waals surface area contributed by atoms with E-state index in [9.17, 15) is 9.90 Å². The van der Waals surface area contributed by atoms with Gasteiger partial charge in [0.1, 0.15) is 5.60 Å². The second kappa shape index (κ2) is 4.72. The van der Waals surface area contributed by atoms with Crippen LogP contribution in [-0.4, -0.2) is 35.4 Å². The first-order valence-corrected chi connectivity index (χ1v) is 6.25. The van der Waals surface area contributed by atoms with Gasteiger partial charge in [-0.2, -0.15) is 0 Å². The second-order valence-electron chi connectivity index (χ2n) is 5.11. The van der Waals surface area contributed by atoms with Crippen molar-refractivity contribution >= 4 is 5.91 Å². The highest BCUT2D eigenvalue weighted by atomic mass is 16.5. The van der Waals surface area contributed by atoms with Gasteiger partial charge in [-0.25, -0.2) is 0 Å². The van der Waals surface area contributed by atoms with E-state index in [4.69, 9.17) is 4.74 Å². The maximum Gasteiger partial charge on any atom is 0.252 e. The standard InChI is InChI=1S/C12H21NO3/c1-12(7-4-8-16-12)11(15)13-9-5-2-3-6-10(9)14/h9-10,14H,2-8H2,1H3,(H,13,15)/t9-,10-,12?/m0/s1. The first kappa shape index (κ1) is 11.9. The maximum atomic E-state index is 12.0. The van der Waals surface area contributed by atoms with Crippen LogP contribution < -0.4 is 5.32 Å². The van der Waals surface area contributed by atoms with Gasteiger partial charge in [-0.3, -0.25) is 4.79 Å². The molecule has 3 atom stereocenters. The van der Waals surface area contributed by atoms with Gasteiger partial charge in [-0.1, -0.05) is 12.8 Å². The number of hydrogen-bond donors (Lipinski definition) is 2.